The summed E-state index contributed by atoms with van der Waals surface area (Å²) >= 11 is 1.71. The summed E-state index contributed by atoms with van der Waals surface area (Å²) in [5, 5.41) is 4.16. The van der Waals surface area contributed by atoms with Gasteiger partial charge in [-0.15, -0.1) is 0 Å². The molecule has 4 heteroatoms. The maximum Gasteiger partial charge on any atom is 0.0629 e. The van der Waals surface area contributed by atoms with Gasteiger partial charge < -0.3 is 5.73 Å². The van der Waals surface area contributed by atoms with Gasteiger partial charge in [-0.25, -0.2) is 0 Å². The van der Waals surface area contributed by atoms with Gasteiger partial charge >= 0.3 is 0 Å². The van der Waals surface area contributed by atoms with Crippen molar-refractivity contribution in [2.75, 3.05) is 0 Å². The van der Waals surface area contributed by atoms with E-state index in [0.717, 1.165) is 4.90 Å². The number of aryl methyl sites for hydroxylation is 2. The molecule has 0 spiro atoms. The Balaban J connectivity index is 2.29. The van der Waals surface area contributed by atoms with E-state index in [2.05, 4.69) is 30.2 Å². The minimum atomic E-state index is 0.572. The Morgan fingerprint density at radius 3 is 2.88 bits per heavy atom. The summed E-state index contributed by atoms with van der Waals surface area (Å²) in [5.74, 6) is 0. The lowest BCUT2D eigenvalue weighted by Crippen LogP contribution is -1.98. The fourth-order valence-corrected chi connectivity index (χ4v) is 2.59. The molecule has 1 aromatic heterocycles. The Labute approximate surface area is 99.7 Å². The summed E-state index contributed by atoms with van der Waals surface area (Å²) in [6.07, 6.45) is 3.88. The van der Waals surface area contributed by atoms with Crippen LogP contribution >= 0.6 is 11.8 Å². The van der Waals surface area contributed by atoms with Crippen LogP contribution < -0.4 is 5.73 Å². The summed E-state index contributed by atoms with van der Waals surface area (Å²) in [5.41, 5.74) is 8.16. The highest BCUT2D eigenvalue weighted by Gasteiger charge is 2.05. The molecule has 0 aliphatic rings. The Hall–Kier alpha value is -1.26. The number of aromatic nitrogens is 2. The highest BCUT2D eigenvalue weighted by atomic mass is 32.2. The number of benzene rings is 1. The van der Waals surface area contributed by atoms with Crippen LogP contribution in [0.3, 0.4) is 0 Å². The Kier molecular flexibility index (Phi) is 3.31. The molecule has 3 nitrogen and oxygen atoms in total. The van der Waals surface area contributed by atoms with Crippen molar-refractivity contribution in [2.24, 2.45) is 12.8 Å². The Morgan fingerprint density at radius 1 is 1.44 bits per heavy atom. The average molecular weight is 233 g/mol. The quantitative estimate of drug-likeness (QED) is 0.885. The maximum absolute atomic E-state index is 5.73. The molecule has 0 amide bonds. The zero-order chi connectivity index (χ0) is 11.5. The van der Waals surface area contributed by atoms with Gasteiger partial charge in [-0.1, -0.05) is 23.9 Å². The summed E-state index contributed by atoms with van der Waals surface area (Å²) in [6, 6.07) is 6.35. The van der Waals surface area contributed by atoms with Crippen molar-refractivity contribution in [1.82, 2.24) is 9.78 Å². The molecule has 1 aromatic carbocycles. The average Bonchev–Trinajstić information content (AvgIpc) is 2.64. The van der Waals surface area contributed by atoms with Crippen molar-refractivity contribution in [2.45, 2.75) is 23.3 Å². The fourth-order valence-electron chi connectivity index (χ4n) is 1.50. The Bertz CT molecular complexity index is 491. The van der Waals surface area contributed by atoms with Crippen LogP contribution in [0.2, 0.25) is 0 Å². The number of nitrogens with two attached hydrogens (primary N) is 1. The number of nitrogens with zero attached hydrogens (tertiary/aromatic N) is 2. The van der Waals surface area contributed by atoms with Crippen molar-refractivity contribution in [3.63, 3.8) is 0 Å². The number of rotatable bonds is 3. The predicted octanol–water partition coefficient (Wildman–Crippen LogP) is 2.34. The minimum absolute atomic E-state index is 0.572. The summed E-state index contributed by atoms with van der Waals surface area (Å²) < 4.78 is 1.81. The molecule has 0 unspecified atom stereocenters. The molecular formula is C12H15N3S. The van der Waals surface area contributed by atoms with Crippen LogP contribution in [0.4, 0.5) is 0 Å². The lowest BCUT2D eigenvalue weighted by Gasteiger charge is -2.06. The first kappa shape index (κ1) is 11.2. The van der Waals surface area contributed by atoms with Gasteiger partial charge in [-0.3, -0.25) is 4.68 Å². The van der Waals surface area contributed by atoms with Crippen LogP contribution in [0.5, 0.6) is 0 Å². The molecule has 0 bridgehead atoms. The largest absolute Gasteiger partial charge is 0.326 e. The summed E-state index contributed by atoms with van der Waals surface area (Å²) in [6.45, 7) is 2.66. The highest BCUT2D eigenvalue weighted by Crippen LogP contribution is 2.30. The van der Waals surface area contributed by atoms with E-state index in [9.17, 15) is 0 Å². The molecule has 1 heterocycles. The second kappa shape index (κ2) is 4.72. The van der Waals surface area contributed by atoms with E-state index in [1.54, 1.807) is 16.4 Å². The van der Waals surface area contributed by atoms with Crippen LogP contribution in [0.15, 0.2) is 40.4 Å². The third kappa shape index (κ3) is 2.46. The van der Waals surface area contributed by atoms with E-state index < -0.39 is 0 Å². The molecule has 84 valence electrons. The molecule has 0 saturated heterocycles. The lowest BCUT2D eigenvalue weighted by molar-refractivity contribution is 0.766. The van der Waals surface area contributed by atoms with Gasteiger partial charge in [-0.05, 0) is 24.1 Å². The van der Waals surface area contributed by atoms with Crippen LogP contribution in [0.1, 0.15) is 11.1 Å². The van der Waals surface area contributed by atoms with E-state index in [-0.39, 0.29) is 0 Å². The van der Waals surface area contributed by atoms with Gasteiger partial charge in [0.15, 0.2) is 0 Å². The second-order valence-electron chi connectivity index (χ2n) is 3.77. The van der Waals surface area contributed by atoms with Crippen molar-refractivity contribution in [3.8, 4) is 0 Å². The maximum atomic E-state index is 5.73. The molecule has 2 aromatic rings. The van der Waals surface area contributed by atoms with Gasteiger partial charge in [0.2, 0.25) is 0 Å². The van der Waals surface area contributed by atoms with E-state index in [4.69, 9.17) is 5.73 Å². The highest BCUT2D eigenvalue weighted by molar-refractivity contribution is 7.99. The van der Waals surface area contributed by atoms with E-state index in [1.165, 1.54) is 16.0 Å². The van der Waals surface area contributed by atoms with Gasteiger partial charge in [0.05, 0.1) is 11.1 Å². The van der Waals surface area contributed by atoms with Crippen molar-refractivity contribution < 1.29 is 0 Å². The molecular weight excluding hydrogens is 218 g/mol. The Morgan fingerprint density at radius 2 is 2.25 bits per heavy atom. The molecule has 0 fully saturated rings. The predicted molar refractivity (Wildman–Crippen MR) is 66.4 cm³/mol. The molecule has 0 radical (unpaired) electrons. The zero-order valence-corrected chi connectivity index (χ0v) is 10.3. The van der Waals surface area contributed by atoms with Gasteiger partial charge in [0.1, 0.15) is 0 Å². The van der Waals surface area contributed by atoms with Crippen molar-refractivity contribution in [3.05, 3.63) is 41.7 Å². The standard InChI is InChI=1S/C12H15N3S/c1-9-3-4-10(6-13)12(5-9)16-11-7-14-15(2)8-11/h3-5,7-8H,6,13H2,1-2H3. The van der Waals surface area contributed by atoms with E-state index >= 15 is 0 Å². The van der Waals surface area contributed by atoms with Crippen LogP contribution in [-0.2, 0) is 13.6 Å². The molecule has 0 aliphatic carbocycles. The molecule has 2 rings (SSSR count). The second-order valence-corrected chi connectivity index (χ2v) is 4.88. The molecule has 2 N–H and O–H groups in total. The van der Waals surface area contributed by atoms with Gasteiger partial charge in [-0.2, -0.15) is 5.10 Å². The van der Waals surface area contributed by atoms with E-state index in [0.29, 0.717) is 6.54 Å². The first-order chi connectivity index (χ1) is 7.69. The minimum Gasteiger partial charge on any atom is -0.326 e. The smallest absolute Gasteiger partial charge is 0.0629 e. The summed E-state index contributed by atoms with van der Waals surface area (Å²) in [4.78, 5) is 2.36. The molecule has 0 aliphatic heterocycles. The SMILES string of the molecule is Cc1ccc(CN)c(Sc2cnn(C)c2)c1. The lowest BCUT2D eigenvalue weighted by atomic mass is 10.1. The van der Waals surface area contributed by atoms with Crippen molar-refractivity contribution >= 4 is 11.8 Å². The number of hydrogen-bond acceptors (Lipinski definition) is 3. The fraction of sp³-hybridized carbons (Fsp3) is 0.250. The summed E-state index contributed by atoms with van der Waals surface area (Å²) in [7, 11) is 1.92. The topological polar surface area (TPSA) is 43.8 Å². The third-order valence-corrected chi connectivity index (χ3v) is 3.40. The molecule has 0 saturated carbocycles. The van der Waals surface area contributed by atoms with E-state index in [1.807, 2.05) is 19.4 Å². The van der Waals surface area contributed by atoms with Crippen LogP contribution in [0, 0.1) is 6.92 Å². The molecule has 16 heavy (non-hydrogen) atoms. The normalized spacial score (nSPS) is 10.7. The monoisotopic (exact) mass is 233 g/mol. The first-order valence-electron chi connectivity index (χ1n) is 5.15. The van der Waals surface area contributed by atoms with Crippen LogP contribution in [-0.4, -0.2) is 9.78 Å². The zero-order valence-electron chi connectivity index (χ0n) is 9.47. The van der Waals surface area contributed by atoms with Gasteiger partial charge in [0, 0.05) is 24.7 Å². The van der Waals surface area contributed by atoms with Gasteiger partial charge in [0.25, 0.3) is 0 Å². The third-order valence-electron chi connectivity index (χ3n) is 2.35. The first-order valence-corrected chi connectivity index (χ1v) is 5.97. The number of hydrogen-bond donors (Lipinski definition) is 1. The van der Waals surface area contributed by atoms with Crippen LogP contribution in [0.25, 0.3) is 0 Å². The molecule has 0 atom stereocenters. The van der Waals surface area contributed by atoms with Crippen molar-refractivity contribution in [1.29, 1.82) is 0 Å².